The Hall–Kier alpha value is -1.55. The third-order valence-corrected chi connectivity index (χ3v) is 4.33. The molecule has 1 amide bonds. The molecule has 1 aromatic carbocycles. The van der Waals surface area contributed by atoms with Crippen LogP contribution in [0.4, 0.5) is 0 Å². The highest BCUT2D eigenvalue weighted by molar-refractivity contribution is 6.31. The van der Waals surface area contributed by atoms with Gasteiger partial charge in [0.2, 0.25) is 5.91 Å². The van der Waals surface area contributed by atoms with Crippen LogP contribution in [0.5, 0.6) is 0 Å². The average molecular weight is 280 g/mol. The maximum Gasteiger partial charge on any atom is 0.307 e. The van der Waals surface area contributed by atoms with E-state index in [0.717, 1.165) is 29.0 Å². The lowest BCUT2D eigenvalue weighted by atomic mass is 10.1. The molecule has 1 aromatic rings. The highest BCUT2D eigenvalue weighted by Gasteiger charge is 2.48. The number of fused-ring (bicyclic) bond motifs is 1. The summed E-state index contributed by atoms with van der Waals surface area (Å²) in [6.45, 7) is 0. The Labute approximate surface area is 115 Å². The lowest BCUT2D eigenvalue weighted by molar-refractivity contribution is -0.140. The molecule has 3 unspecified atom stereocenters. The van der Waals surface area contributed by atoms with E-state index in [1.807, 2.05) is 18.2 Å². The van der Waals surface area contributed by atoms with Crippen molar-refractivity contribution >= 4 is 23.5 Å². The summed E-state index contributed by atoms with van der Waals surface area (Å²) in [6, 6.07) is 5.67. The van der Waals surface area contributed by atoms with Gasteiger partial charge in [-0.3, -0.25) is 9.59 Å². The second-order valence-corrected chi connectivity index (χ2v) is 5.60. The Morgan fingerprint density at radius 3 is 2.79 bits per heavy atom. The number of rotatable bonds is 3. The first-order chi connectivity index (χ1) is 9.08. The fourth-order valence-corrected chi connectivity index (χ4v) is 3.07. The molecule has 0 spiro atoms. The van der Waals surface area contributed by atoms with Gasteiger partial charge >= 0.3 is 5.97 Å². The first kappa shape index (κ1) is 12.5. The topological polar surface area (TPSA) is 66.4 Å². The monoisotopic (exact) mass is 279 g/mol. The van der Waals surface area contributed by atoms with E-state index in [1.54, 1.807) is 0 Å². The molecular weight excluding hydrogens is 266 g/mol. The van der Waals surface area contributed by atoms with Gasteiger partial charge in [-0.2, -0.15) is 0 Å². The number of carboxylic acids is 1. The summed E-state index contributed by atoms with van der Waals surface area (Å²) in [7, 11) is 0. The smallest absolute Gasteiger partial charge is 0.307 e. The molecule has 5 heteroatoms. The molecule has 1 fully saturated rings. The van der Waals surface area contributed by atoms with E-state index in [-0.39, 0.29) is 17.9 Å². The summed E-state index contributed by atoms with van der Waals surface area (Å²) in [4.78, 5) is 22.7. The molecule has 0 heterocycles. The molecule has 0 bridgehead atoms. The van der Waals surface area contributed by atoms with Crippen molar-refractivity contribution in [2.45, 2.75) is 25.3 Å². The predicted molar refractivity (Wildman–Crippen MR) is 69.9 cm³/mol. The maximum absolute atomic E-state index is 12.0. The van der Waals surface area contributed by atoms with Crippen LogP contribution in [0.15, 0.2) is 18.2 Å². The molecule has 1 saturated carbocycles. The maximum atomic E-state index is 12.0. The van der Waals surface area contributed by atoms with Gasteiger partial charge in [-0.1, -0.05) is 23.7 Å². The van der Waals surface area contributed by atoms with E-state index in [0.29, 0.717) is 6.42 Å². The van der Waals surface area contributed by atoms with Crippen molar-refractivity contribution < 1.29 is 14.7 Å². The fraction of sp³-hybridized carbons (Fsp3) is 0.429. The zero-order valence-corrected chi connectivity index (χ0v) is 11.0. The van der Waals surface area contributed by atoms with E-state index >= 15 is 0 Å². The Balaban J connectivity index is 1.69. The van der Waals surface area contributed by atoms with E-state index in [2.05, 4.69) is 5.32 Å². The van der Waals surface area contributed by atoms with Gasteiger partial charge in [0.25, 0.3) is 0 Å². The Morgan fingerprint density at radius 1 is 1.32 bits per heavy atom. The van der Waals surface area contributed by atoms with Crippen molar-refractivity contribution in [2.24, 2.45) is 11.8 Å². The van der Waals surface area contributed by atoms with Crippen LogP contribution in [0.2, 0.25) is 5.02 Å². The van der Waals surface area contributed by atoms with E-state index in [4.69, 9.17) is 16.7 Å². The number of aliphatic carboxylic acids is 1. The zero-order valence-electron chi connectivity index (χ0n) is 10.2. The van der Waals surface area contributed by atoms with Crippen LogP contribution >= 0.6 is 11.6 Å². The van der Waals surface area contributed by atoms with Crippen LogP contribution in [-0.2, 0) is 16.0 Å². The van der Waals surface area contributed by atoms with Gasteiger partial charge in [-0.15, -0.1) is 0 Å². The van der Waals surface area contributed by atoms with E-state index in [9.17, 15) is 9.59 Å². The average Bonchev–Trinajstić information content (AvgIpc) is 3.08. The van der Waals surface area contributed by atoms with Crippen molar-refractivity contribution in [1.29, 1.82) is 0 Å². The molecule has 19 heavy (non-hydrogen) atoms. The van der Waals surface area contributed by atoms with Crippen molar-refractivity contribution in [3.63, 3.8) is 0 Å². The number of hydrogen-bond acceptors (Lipinski definition) is 2. The third kappa shape index (κ3) is 2.21. The molecule has 3 rings (SSSR count). The van der Waals surface area contributed by atoms with Gasteiger partial charge in [0, 0.05) is 5.02 Å². The van der Waals surface area contributed by atoms with Crippen molar-refractivity contribution in [3.05, 3.63) is 34.3 Å². The van der Waals surface area contributed by atoms with Crippen LogP contribution in [0.3, 0.4) is 0 Å². The SMILES string of the molecule is O=C(O)C1CC1C(=O)NC1CCc2c(Cl)cccc21. The summed E-state index contributed by atoms with van der Waals surface area (Å²) in [6.07, 6.45) is 2.14. The van der Waals surface area contributed by atoms with E-state index in [1.165, 1.54) is 0 Å². The number of carbonyl (C=O) groups excluding carboxylic acids is 1. The quantitative estimate of drug-likeness (QED) is 0.891. The summed E-state index contributed by atoms with van der Waals surface area (Å²) in [5.74, 6) is -1.89. The van der Waals surface area contributed by atoms with Gasteiger partial charge < -0.3 is 10.4 Å². The van der Waals surface area contributed by atoms with Crippen LogP contribution < -0.4 is 5.32 Å². The second-order valence-electron chi connectivity index (χ2n) is 5.19. The molecule has 4 nitrogen and oxygen atoms in total. The lowest BCUT2D eigenvalue weighted by Gasteiger charge is -2.14. The van der Waals surface area contributed by atoms with E-state index < -0.39 is 11.9 Å². The highest BCUT2D eigenvalue weighted by Crippen LogP contribution is 2.41. The molecule has 2 aliphatic carbocycles. The number of nitrogens with one attached hydrogen (secondary N) is 1. The minimum absolute atomic E-state index is 0.0313. The molecule has 0 saturated heterocycles. The number of amides is 1. The second kappa shape index (κ2) is 4.53. The molecular formula is C14H14ClNO3. The van der Waals surface area contributed by atoms with Crippen LogP contribution in [-0.4, -0.2) is 17.0 Å². The summed E-state index contributed by atoms with van der Waals surface area (Å²) < 4.78 is 0. The Morgan fingerprint density at radius 2 is 2.11 bits per heavy atom. The molecule has 3 atom stereocenters. The first-order valence-electron chi connectivity index (χ1n) is 6.38. The summed E-state index contributed by atoms with van der Waals surface area (Å²) in [5.41, 5.74) is 2.16. The van der Waals surface area contributed by atoms with Gasteiger partial charge in [-0.05, 0) is 36.5 Å². The van der Waals surface area contributed by atoms with Gasteiger partial charge in [0.05, 0.1) is 17.9 Å². The van der Waals surface area contributed by atoms with Gasteiger partial charge in [0.15, 0.2) is 0 Å². The van der Waals surface area contributed by atoms with Crippen LogP contribution in [0.25, 0.3) is 0 Å². The number of carboxylic acid groups (broad SMARTS) is 1. The molecule has 0 aromatic heterocycles. The minimum atomic E-state index is -0.880. The largest absolute Gasteiger partial charge is 0.481 e. The highest BCUT2D eigenvalue weighted by atomic mass is 35.5. The number of benzene rings is 1. The number of carbonyl (C=O) groups is 2. The van der Waals surface area contributed by atoms with Crippen LogP contribution in [0.1, 0.15) is 30.0 Å². The normalized spacial score (nSPS) is 27.7. The first-order valence-corrected chi connectivity index (χ1v) is 6.76. The Bertz CT molecular complexity index is 558. The van der Waals surface area contributed by atoms with Crippen molar-refractivity contribution in [2.75, 3.05) is 0 Å². The minimum Gasteiger partial charge on any atom is -0.481 e. The van der Waals surface area contributed by atoms with Crippen LogP contribution in [0, 0.1) is 11.8 Å². The summed E-state index contributed by atoms with van der Waals surface area (Å²) >= 11 is 6.12. The van der Waals surface area contributed by atoms with Gasteiger partial charge in [-0.25, -0.2) is 0 Å². The molecule has 0 aliphatic heterocycles. The number of hydrogen-bond donors (Lipinski definition) is 2. The standard InChI is InChI=1S/C14H14ClNO3/c15-11-3-1-2-8-7(11)4-5-12(8)16-13(17)9-6-10(9)14(18)19/h1-3,9-10,12H,4-6H2,(H,16,17)(H,18,19). The lowest BCUT2D eigenvalue weighted by Crippen LogP contribution is -2.29. The van der Waals surface area contributed by atoms with Gasteiger partial charge in [0.1, 0.15) is 0 Å². The Kier molecular flexibility index (Phi) is 2.97. The molecule has 0 radical (unpaired) electrons. The van der Waals surface area contributed by atoms with Crippen molar-refractivity contribution in [1.82, 2.24) is 5.32 Å². The molecule has 100 valence electrons. The number of halogens is 1. The molecule has 2 aliphatic rings. The third-order valence-electron chi connectivity index (χ3n) is 3.97. The summed E-state index contributed by atoms with van der Waals surface area (Å²) in [5, 5.41) is 12.5. The fourth-order valence-electron chi connectivity index (χ4n) is 2.80. The predicted octanol–water partition coefficient (Wildman–Crippen LogP) is 2.16. The zero-order chi connectivity index (χ0) is 13.6. The van der Waals surface area contributed by atoms with Crippen molar-refractivity contribution in [3.8, 4) is 0 Å². The molecule has 2 N–H and O–H groups in total.